The van der Waals surface area contributed by atoms with Gasteiger partial charge in [-0.3, -0.25) is 0 Å². The topological polar surface area (TPSA) is 34.1 Å². The summed E-state index contributed by atoms with van der Waals surface area (Å²) in [5.41, 5.74) is 2.02. The lowest BCUT2D eigenvalue weighted by Crippen LogP contribution is -2.12. The van der Waals surface area contributed by atoms with E-state index in [1.165, 1.54) is 0 Å². The van der Waals surface area contributed by atoms with Gasteiger partial charge in [-0.2, -0.15) is 0 Å². The van der Waals surface area contributed by atoms with Crippen LogP contribution in [0.5, 0.6) is 11.6 Å². The quantitative estimate of drug-likeness (QED) is 0.824. The van der Waals surface area contributed by atoms with E-state index in [0.717, 1.165) is 34.9 Å². The highest BCUT2D eigenvalue weighted by atomic mass is 35.5. The fraction of sp³-hybridized carbons (Fsp3) is 0.312. The minimum Gasteiger partial charge on any atom is -0.439 e. The van der Waals surface area contributed by atoms with E-state index in [9.17, 15) is 0 Å². The molecule has 2 aromatic rings. The van der Waals surface area contributed by atoms with Crippen LogP contribution in [-0.2, 0) is 13.0 Å². The van der Waals surface area contributed by atoms with E-state index in [1.807, 2.05) is 31.2 Å². The first-order valence-corrected chi connectivity index (χ1v) is 7.71. The molecule has 0 unspecified atom stereocenters. The molecule has 5 heteroatoms. The maximum Gasteiger partial charge on any atom is 0.219 e. The molecule has 0 radical (unpaired) electrons. The van der Waals surface area contributed by atoms with E-state index in [-0.39, 0.29) is 0 Å². The molecule has 1 heterocycles. The van der Waals surface area contributed by atoms with Gasteiger partial charge in [0.05, 0.1) is 5.02 Å². The lowest BCUT2D eigenvalue weighted by molar-refractivity contribution is 0.461. The molecule has 1 aromatic carbocycles. The molecule has 0 aliphatic carbocycles. The second-order valence-corrected chi connectivity index (χ2v) is 5.42. The van der Waals surface area contributed by atoms with E-state index in [4.69, 9.17) is 27.9 Å². The Balaban J connectivity index is 2.19. The van der Waals surface area contributed by atoms with Gasteiger partial charge in [-0.1, -0.05) is 37.0 Å². The number of benzene rings is 1. The Labute approximate surface area is 135 Å². The molecule has 0 atom stereocenters. The first-order valence-electron chi connectivity index (χ1n) is 6.95. The number of nitrogens with zero attached hydrogens (tertiary/aromatic N) is 1. The molecule has 1 aromatic heterocycles. The lowest BCUT2D eigenvalue weighted by Gasteiger charge is -2.10. The van der Waals surface area contributed by atoms with Gasteiger partial charge in [-0.25, -0.2) is 4.98 Å². The molecule has 21 heavy (non-hydrogen) atoms. The largest absolute Gasteiger partial charge is 0.439 e. The van der Waals surface area contributed by atoms with Gasteiger partial charge >= 0.3 is 0 Å². The van der Waals surface area contributed by atoms with E-state index >= 15 is 0 Å². The first-order chi connectivity index (χ1) is 10.1. The van der Waals surface area contributed by atoms with Crippen LogP contribution in [0, 0.1) is 0 Å². The van der Waals surface area contributed by atoms with Crippen LogP contribution >= 0.6 is 23.2 Å². The molecule has 0 bridgehead atoms. The van der Waals surface area contributed by atoms with Gasteiger partial charge in [0.15, 0.2) is 0 Å². The number of hydrogen-bond donors (Lipinski definition) is 1. The van der Waals surface area contributed by atoms with Gasteiger partial charge in [-0.15, -0.1) is 0 Å². The molecule has 112 valence electrons. The zero-order valence-corrected chi connectivity index (χ0v) is 13.6. The zero-order chi connectivity index (χ0) is 15.2. The van der Waals surface area contributed by atoms with Crippen molar-refractivity contribution in [3.63, 3.8) is 0 Å². The van der Waals surface area contributed by atoms with Gasteiger partial charge in [0, 0.05) is 23.8 Å². The summed E-state index contributed by atoms with van der Waals surface area (Å²) in [6, 6.07) is 7.46. The predicted octanol–water partition coefficient (Wildman–Crippen LogP) is 4.85. The highest BCUT2D eigenvalue weighted by Crippen LogP contribution is 2.27. The third kappa shape index (κ3) is 4.34. The third-order valence-corrected chi connectivity index (χ3v) is 3.80. The summed E-state index contributed by atoms with van der Waals surface area (Å²) in [5, 5.41) is 4.62. The molecule has 1 N–H and O–H groups in total. The van der Waals surface area contributed by atoms with Crippen LogP contribution in [0.25, 0.3) is 0 Å². The highest BCUT2D eigenvalue weighted by Gasteiger charge is 2.07. The van der Waals surface area contributed by atoms with Gasteiger partial charge in [-0.05, 0) is 42.3 Å². The number of rotatable bonds is 6. The summed E-state index contributed by atoms with van der Waals surface area (Å²) < 4.78 is 5.80. The molecular weight excluding hydrogens is 307 g/mol. The smallest absolute Gasteiger partial charge is 0.219 e. The monoisotopic (exact) mass is 324 g/mol. The zero-order valence-electron chi connectivity index (χ0n) is 12.1. The minimum atomic E-state index is 0.525. The molecule has 0 fully saturated rings. The second-order valence-electron chi connectivity index (χ2n) is 4.60. The average Bonchev–Trinajstić information content (AvgIpc) is 2.49. The molecule has 0 saturated heterocycles. The molecule has 3 nitrogen and oxygen atoms in total. The van der Waals surface area contributed by atoms with Crippen molar-refractivity contribution in [2.75, 3.05) is 6.54 Å². The Hall–Kier alpha value is -1.29. The van der Waals surface area contributed by atoms with Gasteiger partial charge in [0.2, 0.25) is 5.88 Å². The standard InChI is InChI=1S/C16H18Cl2N2O/c1-3-11-7-13(5-6-14(11)17)21-16-8-12(9-19-4-2)15(18)10-20-16/h5-8,10,19H,3-4,9H2,1-2H3. The van der Waals surface area contributed by atoms with Crippen molar-refractivity contribution in [2.24, 2.45) is 0 Å². The van der Waals surface area contributed by atoms with Crippen LogP contribution in [0.2, 0.25) is 10.0 Å². The third-order valence-electron chi connectivity index (χ3n) is 3.10. The van der Waals surface area contributed by atoms with E-state index < -0.39 is 0 Å². The number of aryl methyl sites for hydroxylation is 1. The van der Waals surface area contributed by atoms with Crippen molar-refractivity contribution in [1.82, 2.24) is 10.3 Å². The Kier molecular flexibility index (Phi) is 5.85. The minimum absolute atomic E-state index is 0.525. The van der Waals surface area contributed by atoms with Crippen molar-refractivity contribution < 1.29 is 4.74 Å². The summed E-state index contributed by atoms with van der Waals surface area (Å²) in [6.07, 6.45) is 2.47. The van der Waals surface area contributed by atoms with Crippen LogP contribution in [0.15, 0.2) is 30.5 Å². The Morgan fingerprint density at radius 1 is 1.10 bits per heavy atom. The van der Waals surface area contributed by atoms with Crippen LogP contribution < -0.4 is 10.1 Å². The fourth-order valence-electron chi connectivity index (χ4n) is 1.92. The van der Waals surface area contributed by atoms with E-state index in [1.54, 1.807) is 6.20 Å². The van der Waals surface area contributed by atoms with E-state index in [0.29, 0.717) is 17.4 Å². The molecule has 0 saturated carbocycles. The van der Waals surface area contributed by atoms with Gasteiger partial charge < -0.3 is 10.1 Å². The normalized spacial score (nSPS) is 10.7. The predicted molar refractivity (Wildman–Crippen MR) is 87.5 cm³/mol. The van der Waals surface area contributed by atoms with Crippen LogP contribution in [-0.4, -0.2) is 11.5 Å². The SMILES string of the molecule is CCNCc1cc(Oc2ccc(Cl)c(CC)c2)ncc1Cl. The highest BCUT2D eigenvalue weighted by molar-refractivity contribution is 6.31. The maximum atomic E-state index is 6.13. The molecule has 0 amide bonds. The maximum absolute atomic E-state index is 6.13. The van der Waals surface area contributed by atoms with E-state index in [2.05, 4.69) is 17.2 Å². The number of aromatic nitrogens is 1. The number of pyridine rings is 1. The van der Waals surface area contributed by atoms with Crippen molar-refractivity contribution in [1.29, 1.82) is 0 Å². The van der Waals surface area contributed by atoms with Crippen LogP contribution in [0.4, 0.5) is 0 Å². The lowest BCUT2D eigenvalue weighted by atomic mass is 10.1. The molecule has 0 aliphatic rings. The molecule has 0 aliphatic heterocycles. The number of hydrogen-bond acceptors (Lipinski definition) is 3. The Bertz CT molecular complexity index is 617. The van der Waals surface area contributed by atoms with Crippen molar-refractivity contribution >= 4 is 23.2 Å². The average molecular weight is 325 g/mol. The molecule has 0 spiro atoms. The Morgan fingerprint density at radius 2 is 1.90 bits per heavy atom. The fourth-order valence-corrected chi connectivity index (χ4v) is 2.34. The van der Waals surface area contributed by atoms with Crippen molar-refractivity contribution in [3.05, 3.63) is 51.6 Å². The van der Waals surface area contributed by atoms with Crippen molar-refractivity contribution in [2.45, 2.75) is 26.8 Å². The molecule has 2 rings (SSSR count). The molecular formula is C16H18Cl2N2O. The summed E-state index contributed by atoms with van der Waals surface area (Å²) in [4.78, 5) is 4.21. The van der Waals surface area contributed by atoms with Gasteiger partial charge in [0.25, 0.3) is 0 Å². The van der Waals surface area contributed by atoms with Crippen LogP contribution in [0.1, 0.15) is 25.0 Å². The second kappa shape index (κ2) is 7.64. The number of ether oxygens (including phenoxy) is 1. The van der Waals surface area contributed by atoms with Crippen LogP contribution in [0.3, 0.4) is 0 Å². The summed E-state index contributed by atoms with van der Waals surface area (Å²) in [6.45, 7) is 5.67. The Morgan fingerprint density at radius 3 is 2.62 bits per heavy atom. The summed E-state index contributed by atoms with van der Waals surface area (Å²) >= 11 is 12.2. The van der Waals surface area contributed by atoms with Gasteiger partial charge in [0.1, 0.15) is 5.75 Å². The number of halogens is 2. The summed E-state index contributed by atoms with van der Waals surface area (Å²) in [7, 11) is 0. The summed E-state index contributed by atoms with van der Waals surface area (Å²) in [5.74, 6) is 1.25. The van der Waals surface area contributed by atoms with Crippen molar-refractivity contribution in [3.8, 4) is 11.6 Å². The first kappa shape index (κ1) is 16.1. The number of nitrogens with one attached hydrogen (secondary N) is 1.